The molecule has 2 aromatic rings. The number of amides is 1. The minimum absolute atomic E-state index is 0.0191. The molecule has 1 atom stereocenters. The molecule has 2 aliphatic rings. The molecule has 2 heterocycles. The van der Waals surface area contributed by atoms with Crippen molar-refractivity contribution in [2.45, 2.75) is 37.9 Å². The number of aromatic nitrogens is 1. The van der Waals surface area contributed by atoms with Gasteiger partial charge in [0.1, 0.15) is 0 Å². The molecule has 1 aromatic heterocycles. The van der Waals surface area contributed by atoms with Gasteiger partial charge in [-0.3, -0.25) is 9.69 Å². The summed E-state index contributed by atoms with van der Waals surface area (Å²) in [7, 11) is 0. The number of carbonyl (C=O) groups is 1. The van der Waals surface area contributed by atoms with Crippen LogP contribution in [0.1, 0.15) is 35.4 Å². The van der Waals surface area contributed by atoms with Gasteiger partial charge in [-0.15, -0.1) is 0 Å². The summed E-state index contributed by atoms with van der Waals surface area (Å²) in [5, 5.41) is 3.20. The van der Waals surface area contributed by atoms with E-state index in [-0.39, 0.29) is 18.5 Å². The molecule has 3 N–H and O–H groups in total. The molecule has 1 unspecified atom stereocenters. The van der Waals surface area contributed by atoms with Gasteiger partial charge in [0.15, 0.2) is 5.69 Å². The second-order valence-corrected chi connectivity index (χ2v) is 9.37. The maximum atomic E-state index is 13.1. The van der Waals surface area contributed by atoms with Crippen LogP contribution in [0.15, 0.2) is 35.9 Å². The molecule has 34 heavy (non-hydrogen) atoms. The van der Waals surface area contributed by atoms with Crippen molar-refractivity contribution in [1.82, 2.24) is 15.2 Å². The topological polar surface area (TPSA) is 71.2 Å². The van der Waals surface area contributed by atoms with Crippen LogP contribution in [-0.4, -0.2) is 48.0 Å². The number of nitrogens with two attached hydrogens (primary N) is 1. The summed E-state index contributed by atoms with van der Waals surface area (Å²) in [6.45, 7) is 1.77. The number of alkyl halides is 3. The van der Waals surface area contributed by atoms with Gasteiger partial charge in [0, 0.05) is 29.8 Å². The van der Waals surface area contributed by atoms with Crippen LogP contribution in [0.4, 0.5) is 13.2 Å². The predicted molar refractivity (Wildman–Crippen MR) is 127 cm³/mol. The highest BCUT2D eigenvalue weighted by molar-refractivity contribution is 6.31. The third-order valence-electron chi connectivity index (χ3n) is 6.39. The zero-order chi connectivity index (χ0) is 24.5. The van der Waals surface area contributed by atoms with Crippen LogP contribution in [-0.2, 0) is 23.8 Å². The van der Waals surface area contributed by atoms with Gasteiger partial charge in [-0.05, 0) is 78.8 Å². The number of benzene rings is 1. The first-order valence-corrected chi connectivity index (χ1v) is 11.9. The van der Waals surface area contributed by atoms with Gasteiger partial charge in [-0.1, -0.05) is 29.3 Å². The van der Waals surface area contributed by atoms with Crippen LogP contribution in [0, 0.1) is 0 Å². The first-order valence-electron chi connectivity index (χ1n) is 11.1. The molecule has 0 saturated heterocycles. The SMILES string of the molecule is NCC(=O)NCC1C2=C(CCN1CCCc1ccc(Cl)c(C(F)(F)F)n1)c1cc(Cl)ccc1C2. The zero-order valence-corrected chi connectivity index (χ0v) is 19.9. The monoisotopic (exact) mass is 512 g/mol. The lowest BCUT2D eigenvalue weighted by atomic mass is 9.92. The Morgan fingerprint density at radius 2 is 2.03 bits per heavy atom. The molecule has 1 amide bonds. The number of fused-ring (bicyclic) bond motifs is 2. The molecule has 0 saturated carbocycles. The number of halogens is 5. The summed E-state index contributed by atoms with van der Waals surface area (Å²) >= 11 is 11.9. The molecule has 0 radical (unpaired) electrons. The number of rotatable bonds is 7. The van der Waals surface area contributed by atoms with Crippen LogP contribution >= 0.6 is 23.2 Å². The average Bonchev–Trinajstić information content (AvgIpc) is 3.16. The second kappa shape index (κ2) is 10.2. The van der Waals surface area contributed by atoms with Crippen molar-refractivity contribution >= 4 is 34.7 Å². The molecule has 1 aliphatic heterocycles. The largest absolute Gasteiger partial charge is 0.434 e. The number of aryl methyl sites for hydroxylation is 1. The summed E-state index contributed by atoms with van der Waals surface area (Å²) in [5.41, 5.74) is 9.68. The third-order valence-corrected chi connectivity index (χ3v) is 6.93. The molecule has 10 heteroatoms. The van der Waals surface area contributed by atoms with E-state index >= 15 is 0 Å². The normalized spacial score (nSPS) is 18.1. The van der Waals surface area contributed by atoms with E-state index in [0.29, 0.717) is 36.6 Å². The van der Waals surface area contributed by atoms with Crippen molar-refractivity contribution in [3.05, 3.63) is 68.5 Å². The fourth-order valence-corrected chi connectivity index (χ4v) is 5.19. The van der Waals surface area contributed by atoms with Gasteiger partial charge in [0.2, 0.25) is 5.91 Å². The van der Waals surface area contributed by atoms with E-state index in [4.69, 9.17) is 28.9 Å². The highest BCUT2D eigenvalue weighted by Crippen LogP contribution is 2.42. The smallest absolute Gasteiger partial charge is 0.353 e. The van der Waals surface area contributed by atoms with Crippen LogP contribution in [0.3, 0.4) is 0 Å². The quantitative estimate of drug-likeness (QED) is 0.572. The third kappa shape index (κ3) is 5.40. The molecular weight excluding hydrogens is 488 g/mol. The van der Waals surface area contributed by atoms with E-state index in [0.717, 1.165) is 19.4 Å². The Hall–Kier alpha value is -2.13. The lowest BCUT2D eigenvalue weighted by Crippen LogP contribution is -2.49. The molecular formula is C24H25Cl2F3N4O. The van der Waals surface area contributed by atoms with E-state index in [1.54, 1.807) is 0 Å². The minimum Gasteiger partial charge on any atom is -0.353 e. The minimum atomic E-state index is -4.59. The maximum Gasteiger partial charge on any atom is 0.434 e. The lowest BCUT2D eigenvalue weighted by molar-refractivity contribution is -0.141. The van der Waals surface area contributed by atoms with Crippen LogP contribution in [0.2, 0.25) is 10.0 Å². The summed E-state index contributed by atoms with van der Waals surface area (Å²) in [6.07, 6.45) is -1.94. The number of pyridine rings is 1. The molecule has 0 fully saturated rings. The predicted octanol–water partition coefficient (Wildman–Crippen LogP) is 4.50. The number of hydrogen-bond donors (Lipinski definition) is 2. The van der Waals surface area contributed by atoms with Crippen molar-refractivity contribution < 1.29 is 18.0 Å². The lowest BCUT2D eigenvalue weighted by Gasteiger charge is -2.37. The molecule has 0 spiro atoms. The Morgan fingerprint density at radius 1 is 1.24 bits per heavy atom. The molecule has 182 valence electrons. The summed E-state index contributed by atoms with van der Waals surface area (Å²) in [5.74, 6) is -0.226. The van der Waals surface area contributed by atoms with E-state index < -0.39 is 16.9 Å². The summed E-state index contributed by atoms with van der Waals surface area (Å²) < 4.78 is 39.4. The average molecular weight is 513 g/mol. The molecule has 5 nitrogen and oxygen atoms in total. The highest BCUT2D eigenvalue weighted by Gasteiger charge is 2.36. The van der Waals surface area contributed by atoms with Crippen molar-refractivity contribution in [3.8, 4) is 0 Å². The molecule has 0 bridgehead atoms. The van der Waals surface area contributed by atoms with Gasteiger partial charge in [-0.2, -0.15) is 13.2 Å². The Balaban J connectivity index is 1.48. The van der Waals surface area contributed by atoms with Crippen molar-refractivity contribution in [3.63, 3.8) is 0 Å². The Labute approximate surface area is 206 Å². The van der Waals surface area contributed by atoms with Crippen LogP contribution < -0.4 is 11.1 Å². The molecule has 1 aliphatic carbocycles. The Kier molecular flexibility index (Phi) is 7.52. The number of hydrogen-bond acceptors (Lipinski definition) is 4. The fraction of sp³-hybridized carbons (Fsp3) is 0.417. The zero-order valence-electron chi connectivity index (χ0n) is 18.4. The standard InChI is InChI=1S/C24H25Cl2F3N4O/c25-15-4-3-14-10-19-17(18(14)11-15)7-9-33(21(19)13-31-22(34)12-30)8-1-2-16-5-6-20(26)23(32-16)24(27,28)29/h3-6,11,21H,1-2,7-10,12-13,30H2,(H,31,34). The number of carbonyl (C=O) groups excluding carboxylic acids is 1. The van der Waals surface area contributed by atoms with Crippen molar-refractivity contribution in [2.24, 2.45) is 5.73 Å². The Bertz CT molecular complexity index is 1120. The van der Waals surface area contributed by atoms with Gasteiger partial charge in [0.25, 0.3) is 0 Å². The van der Waals surface area contributed by atoms with E-state index in [9.17, 15) is 18.0 Å². The van der Waals surface area contributed by atoms with Crippen LogP contribution in [0.25, 0.3) is 5.57 Å². The van der Waals surface area contributed by atoms with Crippen LogP contribution in [0.5, 0.6) is 0 Å². The van der Waals surface area contributed by atoms with E-state index in [1.165, 1.54) is 34.4 Å². The first-order chi connectivity index (χ1) is 16.2. The van der Waals surface area contributed by atoms with Gasteiger partial charge < -0.3 is 11.1 Å². The van der Waals surface area contributed by atoms with E-state index in [2.05, 4.69) is 15.2 Å². The number of nitrogens with zero attached hydrogens (tertiary/aromatic N) is 2. The fourth-order valence-electron chi connectivity index (χ4n) is 4.80. The highest BCUT2D eigenvalue weighted by atomic mass is 35.5. The van der Waals surface area contributed by atoms with E-state index in [1.807, 2.05) is 18.2 Å². The Morgan fingerprint density at radius 3 is 2.76 bits per heavy atom. The van der Waals surface area contributed by atoms with Gasteiger partial charge in [-0.25, -0.2) is 4.98 Å². The molecule has 1 aromatic carbocycles. The summed E-state index contributed by atoms with van der Waals surface area (Å²) in [4.78, 5) is 17.9. The van der Waals surface area contributed by atoms with Crippen molar-refractivity contribution in [1.29, 1.82) is 0 Å². The van der Waals surface area contributed by atoms with Crippen molar-refractivity contribution in [2.75, 3.05) is 26.2 Å². The number of nitrogens with one attached hydrogen (secondary N) is 1. The maximum absolute atomic E-state index is 13.1. The van der Waals surface area contributed by atoms with Gasteiger partial charge >= 0.3 is 6.18 Å². The molecule has 4 rings (SSSR count). The first kappa shape index (κ1) is 25.0. The second-order valence-electron chi connectivity index (χ2n) is 8.53. The summed E-state index contributed by atoms with van der Waals surface area (Å²) in [6, 6.07) is 8.68. The van der Waals surface area contributed by atoms with Gasteiger partial charge in [0.05, 0.1) is 11.6 Å².